The lowest BCUT2D eigenvalue weighted by molar-refractivity contribution is -0.126. The molecule has 0 aliphatic carbocycles. The molecule has 2 aromatic rings. The first-order valence-electron chi connectivity index (χ1n) is 8.74. The first-order valence-corrected chi connectivity index (χ1v) is 10.2. The van der Waals surface area contributed by atoms with Crippen molar-refractivity contribution in [3.63, 3.8) is 0 Å². The zero-order valence-electron chi connectivity index (χ0n) is 15.3. The van der Waals surface area contributed by atoms with E-state index in [-0.39, 0.29) is 16.7 Å². The summed E-state index contributed by atoms with van der Waals surface area (Å²) >= 11 is 0. The van der Waals surface area contributed by atoms with E-state index in [1.807, 2.05) is 0 Å². The second kappa shape index (κ2) is 8.10. The quantitative estimate of drug-likeness (QED) is 0.802. The largest absolute Gasteiger partial charge is 0.497 e. The highest BCUT2D eigenvalue weighted by Gasteiger charge is 2.32. The zero-order valence-corrected chi connectivity index (χ0v) is 16.2. The molecular formula is C18H23N3O5S. The van der Waals surface area contributed by atoms with Crippen LogP contribution in [0.1, 0.15) is 24.3 Å². The summed E-state index contributed by atoms with van der Waals surface area (Å²) in [5.74, 6) is 1.00. The van der Waals surface area contributed by atoms with Crippen LogP contribution in [-0.2, 0) is 21.4 Å². The predicted octanol–water partition coefficient (Wildman–Crippen LogP) is 1.71. The third-order valence-corrected chi connectivity index (χ3v) is 6.56. The van der Waals surface area contributed by atoms with Crippen LogP contribution in [0, 0.1) is 12.8 Å². The van der Waals surface area contributed by atoms with Gasteiger partial charge in [-0.25, -0.2) is 8.42 Å². The minimum atomic E-state index is -3.56. The van der Waals surface area contributed by atoms with Crippen molar-refractivity contribution in [3.8, 4) is 5.75 Å². The first kappa shape index (κ1) is 19.4. The molecule has 0 unspecified atom stereocenters. The number of nitrogens with one attached hydrogen (secondary N) is 1. The lowest BCUT2D eigenvalue weighted by atomic mass is 9.97. The van der Waals surface area contributed by atoms with Crippen LogP contribution in [-0.4, -0.2) is 44.0 Å². The number of aromatic nitrogens is 1. The van der Waals surface area contributed by atoms with Gasteiger partial charge in [-0.1, -0.05) is 5.16 Å². The van der Waals surface area contributed by atoms with Crippen LogP contribution >= 0.6 is 0 Å². The normalized spacial score (nSPS) is 16.2. The Morgan fingerprint density at radius 2 is 1.96 bits per heavy atom. The van der Waals surface area contributed by atoms with E-state index in [0.717, 1.165) is 0 Å². The number of hydrogen-bond acceptors (Lipinski definition) is 6. The Kier molecular flexibility index (Phi) is 5.81. The molecular weight excluding hydrogens is 370 g/mol. The Balaban J connectivity index is 1.54. The summed E-state index contributed by atoms with van der Waals surface area (Å²) in [6.07, 6.45) is 0.970. The Morgan fingerprint density at radius 3 is 2.52 bits per heavy atom. The van der Waals surface area contributed by atoms with Crippen molar-refractivity contribution in [1.82, 2.24) is 14.8 Å². The molecule has 8 nitrogen and oxygen atoms in total. The fourth-order valence-electron chi connectivity index (χ4n) is 3.08. The van der Waals surface area contributed by atoms with Gasteiger partial charge in [-0.2, -0.15) is 4.31 Å². The number of nitrogens with zero attached hydrogens (tertiary/aromatic N) is 2. The second-order valence-electron chi connectivity index (χ2n) is 6.50. The predicted molar refractivity (Wildman–Crippen MR) is 97.6 cm³/mol. The van der Waals surface area contributed by atoms with Crippen molar-refractivity contribution in [1.29, 1.82) is 0 Å². The molecule has 1 saturated heterocycles. The van der Waals surface area contributed by atoms with Crippen molar-refractivity contribution in [2.45, 2.75) is 31.2 Å². The first-order chi connectivity index (χ1) is 12.9. The summed E-state index contributed by atoms with van der Waals surface area (Å²) in [4.78, 5) is 12.6. The molecule has 0 radical (unpaired) electrons. The molecule has 1 fully saturated rings. The average Bonchev–Trinajstić information content (AvgIpc) is 3.11. The monoisotopic (exact) mass is 393 g/mol. The minimum Gasteiger partial charge on any atom is -0.497 e. The van der Waals surface area contributed by atoms with Gasteiger partial charge in [-0.3, -0.25) is 4.79 Å². The molecule has 1 aromatic heterocycles. The standard InChI is InChI=1S/C18H23N3O5S/c1-13-11-15(20-26-13)12-19-18(22)14-7-9-21(10-8-14)27(23,24)17-5-3-16(25-2)4-6-17/h3-6,11,14H,7-10,12H2,1-2H3,(H,19,22). The minimum absolute atomic E-state index is 0.0860. The summed E-state index contributed by atoms with van der Waals surface area (Å²) in [5, 5.41) is 6.67. The summed E-state index contributed by atoms with van der Waals surface area (Å²) in [6.45, 7) is 2.73. The number of aryl methyl sites for hydroxylation is 1. The maximum Gasteiger partial charge on any atom is 0.243 e. The molecule has 1 aliphatic rings. The molecule has 2 heterocycles. The summed E-state index contributed by atoms with van der Waals surface area (Å²) in [5.41, 5.74) is 0.667. The van der Waals surface area contributed by atoms with Crippen LogP contribution in [0.3, 0.4) is 0 Å². The molecule has 1 aliphatic heterocycles. The van der Waals surface area contributed by atoms with Crippen LogP contribution in [0.15, 0.2) is 39.8 Å². The van der Waals surface area contributed by atoms with Gasteiger partial charge in [0.25, 0.3) is 0 Å². The molecule has 0 bridgehead atoms. The molecule has 1 N–H and O–H groups in total. The maximum absolute atomic E-state index is 12.7. The van der Waals surface area contributed by atoms with Crippen molar-refractivity contribution in [2.24, 2.45) is 5.92 Å². The Bertz CT molecular complexity index is 884. The number of piperidine rings is 1. The number of carbonyl (C=O) groups excluding carboxylic acids is 1. The lowest BCUT2D eigenvalue weighted by Gasteiger charge is -2.30. The van der Waals surface area contributed by atoms with E-state index in [9.17, 15) is 13.2 Å². The number of carbonyl (C=O) groups is 1. The van der Waals surface area contributed by atoms with E-state index in [1.165, 1.54) is 23.5 Å². The van der Waals surface area contributed by atoms with Gasteiger partial charge in [0.2, 0.25) is 15.9 Å². The number of methoxy groups -OCH3 is 1. The van der Waals surface area contributed by atoms with Gasteiger partial charge in [0.05, 0.1) is 18.6 Å². The Labute approximate surface area is 158 Å². The second-order valence-corrected chi connectivity index (χ2v) is 8.44. The average molecular weight is 393 g/mol. The number of amides is 1. The number of hydrogen-bond donors (Lipinski definition) is 1. The molecule has 27 heavy (non-hydrogen) atoms. The van der Waals surface area contributed by atoms with Gasteiger partial charge in [0.15, 0.2) is 0 Å². The maximum atomic E-state index is 12.7. The van der Waals surface area contributed by atoms with Crippen molar-refractivity contribution < 1.29 is 22.5 Å². The highest BCUT2D eigenvalue weighted by atomic mass is 32.2. The zero-order chi connectivity index (χ0) is 19.4. The van der Waals surface area contributed by atoms with Gasteiger partial charge in [-0.05, 0) is 44.0 Å². The van der Waals surface area contributed by atoms with E-state index >= 15 is 0 Å². The van der Waals surface area contributed by atoms with Crippen molar-refractivity contribution in [3.05, 3.63) is 41.8 Å². The van der Waals surface area contributed by atoms with Gasteiger partial charge >= 0.3 is 0 Å². The SMILES string of the molecule is COc1ccc(S(=O)(=O)N2CCC(C(=O)NCc3cc(C)on3)CC2)cc1. The van der Waals surface area contributed by atoms with Gasteiger partial charge in [0, 0.05) is 25.1 Å². The molecule has 9 heteroatoms. The number of benzene rings is 1. The molecule has 0 spiro atoms. The molecule has 1 aromatic carbocycles. The Morgan fingerprint density at radius 1 is 1.30 bits per heavy atom. The summed E-state index contributed by atoms with van der Waals surface area (Å²) < 4.78 is 36.9. The smallest absolute Gasteiger partial charge is 0.243 e. The number of rotatable bonds is 6. The number of ether oxygens (including phenoxy) is 1. The van der Waals surface area contributed by atoms with E-state index in [4.69, 9.17) is 9.26 Å². The van der Waals surface area contributed by atoms with Crippen molar-refractivity contribution >= 4 is 15.9 Å². The topological polar surface area (TPSA) is 102 Å². The fourth-order valence-corrected chi connectivity index (χ4v) is 4.55. The molecule has 146 valence electrons. The van der Waals surface area contributed by atoms with Crippen LogP contribution in [0.2, 0.25) is 0 Å². The van der Waals surface area contributed by atoms with E-state index < -0.39 is 10.0 Å². The Hall–Kier alpha value is -2.39. The van der Waals surface area contributed by atoms with E-state index in [0.29, 0.717) is 49.7 Å². The van der Waals surface area contributed by atoms with Crippen LogP contribution in [0.4, 0.5) is 0 Å². The highest BCUT2D eigenvalue weighted by Crippen LogP contribution is 2.25. The molecule has 0 saturated carbocycles. The summed E-state index contributed by atoms with van der Waals surface area (Å²) in [7, 11) is -2.03. The molecule has 1 amide bonds. The molecule has 3 rings (SSSR count). The third-order valence-electron chi connectivity index (χ3n) is 4.64. The highest BCUT2D eigenvalue weighted by molar-refractivity contribution is 7.89. The van der Waals surface area contributed by atoms with Gasteiger partial charge in [-0.15, -0.1) is 0 Å². The third kappa shape index (κ3) is 4.48. The van der Waals surface area contributed by atoms with Gasteiger partial charge < -0.3 is 14.6 Å². The van der Waals surface area contributed by atoms with E-state index in [2.05, 4.69) is 10.5 Å². The van der Waals surface area contributed by atoms with Gasteiger partial charge in [0.1, 0.15) is 17.2 Å². The fraction of sp³-hybridized carbons (Fsp3) is 0.444. The van der Waals surface area contributed by atoms with Crippen LogP contribution in [0.25, 0.3) is 0 Å². The number of sulfonamides is 1. The van der Waals surface area contributed by atoms with Crippen LogP contribution < -0.4 is 10.1 Å². The lowest BCUT2D eigenvalue weighted by Crippen LogP contribution is -2.42. The van der Waals surface area contributed by atoms with Crippen LogP contribution in [0.5, 0.6) is 5.75 Å². The van der Waals surface area contributed by atoms with E-state index in [1.54, 1.807) is 25.1 Å². The summed E-state index contributed by atoms with van der Waals surface area (Å²) in [6, 6.07) is 8.08. The van der Waals surface area contributed by atoms with Crippen molar-refractivity contribution in [2.75, 3.05) is 20.2 Å². The molecule has 0 atom stereocenters.